The molecule has 1 aliphatic rings. The van der Waals surface area contributed by atoms with Gasteiger partial charge in [0.2, 0.25) is 5.91 Å². The van der Waals surface area contributed by atoms with Crippen molar-refractivity contribution in [2.24, 2.45) is 0 Å². The summed E-state index contributed by atoms with van der Waals surface area (Å²) in [6.45, 7) is 6.68. The van der Waals surface area contributed by atoms with E-state index in [1.165, 1.54) is 36.9 Å². The molecule has 2 rings (SSSR count). The second-order valence-electron chi connectivity index (χ2n) is 6.53. The van der Waals surface area contributed by atoms with E-state index in [2.05, 4.69) is 40.7 Å². The number of rotatable bonds is 9. The number of amides is 1. The van der Waals surface area contributed by atoms with Crippen molar-refractivity contribution < 1.29 is 9.53 Å². The van der Waals surface area contributed by atoms with Crippen LogP contribution in [0.4, 0.5) is 0 Å². The molecule has 0 saturated carbocycles. The zero-order valence-corrected chi connectivity index (χ0v) is 15.0. The van der Waals surface area contributed by atoms with Crippen LogP contribution in [0, 0.1) is 0 Å². The van der Waals surface area contributed by atoms with E-state index < -0.39 is 0 Å². The van der Waals surface area contributed by atoms with Gasteiger partial charge in [-0.1, -0.05) is 30.7 Å². The quantitative estimate of drug-likeness (QED) is 0.678. The number of nitrogens with zero attached hydrogens (tertiary/aromatic N) is 1. The molecule has 0 aliphatic carbocycles. The van der Waals surface area contributed by atoms with Crippen molar-refractivity contribution in [1.29, 1.82) is 0 Å². The van der Waals surface area contributed by atoms with Crippen LogP contribution in [-0.2, 0) is 22.6 Å². The Balaban J connectivity index is 1.83. The van der Waals surface area contributed by atoms with E-state index in [9.17, 15) is 4.79 Å². The van der Waals surface area contributed by atoms with Crippen molar-refractivity contribution in [2.45, 2.75) is 45.3 Å². The third-order valence-corrected chi connectivity index (χ3v) is 4.68. The highest BCUT2D eigenvalue weighted by molar-refractivity contribution is 5.78. The Morgan fingerprint density at radius 1 is 1.29 bits per heavy atom. The van der Waals surface area contributed by atoms with Gasteiger partial charge in [-0.15, -0.1) is 0 Å². The number of ether oxygens (including phenoxy) is 1. The molecule has 1 amide bonds. The maximum atomic E-state index is 11.9. The first kappa shape index (κ1) is 18.9. The lowest BCUT2D eigenvalue weighted by molar-refractivity contribution is -0.120. The van der Waals surface area contributed by atoms with Crippen molar-refractivity contribution in [3.63, 3.8) is 0 Å². The van der Waals surface area contributed by atoms with Gasteiger partial charge in [0.1, 0.15) is 0 Å². The van der Waals surface area contributed by atoms with E-state index in [0.717, 1.165) is 6.54 Å². The maximum Gasteiger partial charge on any atom is 0.234 e. The van der Waals surface area contributed by atoms with E-state index in [-0.39, 0.29) is 5.91 Å². The zero-order chi connectivity index (χ0) is 17.2. The maximum absolute atomic E-state index is 11.9. The third kappa shape index (κ3) is 6.23. The molecule has 134 valence electrons. The van der Waals surface area contributed by atoms with Gasteiger partial charge in [-0.05, 0) is 37.4 Å². The average Bonchev–Trinajstić information content (AvgIpc) is 2.60. The monoisotopic (exact) mass is 333 g/mol. The Bertz CT molecular complexity index is 507. The molecule has 5 heteroatoms. The van der Waals surface area contributed by atoms with E-state index >= 15 is 0 Å². The standard InChI is InChI=1S/C19H31N3O2/c1-16-7-5-6-11-22(16)15-18-9-4-3-8-17(18)13-21-19(23)14-20-10-12-24-2/h3-4,8-9,16,20H,5-7,10-15H2,1-2H3,(H,21,23). The number of hydrogen-bond donors (Lipinski definition) is 2. The van der Waals surface area contributed by atoms with E-state index in [4.69, 9.17) is 4.74 Å². The van der Waals surface area contributed by atoms with E-state index in [1.807, 2.05) is 6.07 Å². The smallest absolute Gasteiger partial charge is 0.234 e. The molecule has 1 fully saturated rings. The van der Waals surface area contributed by atoms with Crippen molar-refractivity contribution >= 4 is 5.91 Å². The molecule has 1 aromatic rings. The van der Waals surface area contributed by atoms with Gasteiger partial charge in [0.15, 0.2) is 0 Å². The summed E-state index contributed by atoms with van der Waals surface area (Å²) in [5.74, 6) is 0.0206. The number of carbonyl (C=O) groups excluding carboxylic acids is 1. The van der Waals surface area contributed by atoms with Crippen LogP contribution >= 0.6 is 0 Å². The van der Waals surface area contributed by atoms with Crippen LogP contribution in [0.25, 0.3) is 0 Å². The van der Waals surface area contributed by atoms with Crippen LogP contribution in [0.15, 0.2) is 24.3 Å². The summed E-state index contributed by atoms with van der Waals surface area (Å²) in [6, 6.07) is 9.07. The predicted molar refractivity (Wildman–Crippen MR) is 96.8 cm³/mol. The Morgan fingerprint density at radius 3 is 2.83 bits per heavy atom. The molecule has 0 spiro atoms. The Kier molecular flexibility index (Phi) is 8.22. The zero-order valence-electron chi connectivity index (χ0n) is 15.0. The molecule has 24 heavy (non-hydrogen) atoms. The third-order valence-electron chi connectivity index (χ3n) is 4.68. The molecular formula is C19H31N3O2. The SMILES string of the molecule is COCCNCC(=O)NCc1ccccc1CN1CCCCC1C. The number of carbonyl (C=O) groups is 1. The first-order valence-electron chi connectivity index (χ1n) is 8.98. The van der Waals surface area contributed by atoms with Gasteiger partial charge >= 0.3 is 0 Å². The van der Waals surface area contributed by atoms with Gasteiger partial charge in [-0.2, -0.15) is 0 Å². The lowest BCUT2D eigenvalue weighted by atomic mass is 10.0. The van der Waals surface area contributed by atoms with Gasteiger partial charge in [0.05, 0.1) is 13.2 Å². The molecule has 1 saturated heterocycles. The average molecular weight is 333 g/mol. The normalized spacial score (nSPS) is 18.5. The van der Waals surface area contributed by atoms with Gasteiger partial charge in [-0.25, -0.2) is 0 Å². The molecule has 1 heterocycles. The fraction of sp³-hybridized carbons (Fsp3) is 0.632. The fourth-order valence-electron chi connectivity index (χ4n) is 3.13. The Morgan fingerprint density at radius 2 is 2.08 bits per heavy atom. The molecule has 2 N–H and O–H groups in total. The second kappa shape index (κ2) is 10.4. The highest BCUT2D eigenvalue weighted by Crippen LogP contribution is 2.20. The molecular weight excluding hydrogens is 302 g/mol. The van der Waals surface area contributed by atoms with Crippen molar-refractivity contribution in [2.75, 3.05) is 33.4 Å². The van der Waals surface area contributed by atoms with Crippen molar-refractivity contribution in [3.8, 4) is 0 Å². The number of likely N-dealkylation sites (tertiary alicyclic amines) is 1. The van der Waals surface area contributed by atoms with Crippen LogP contribution in [0.1, 0.15) is 37.3 Å². The molecule has 1 aromatic carbocycles. The van der Waals surface area contributed by atoms with E-state index in [0.29, 0.717) is 32.3 Å². The summed E-state index contributed by atoms with van der Waals surface area (Å²) in [4.78, 5) is 14.5. The Hall–Kier alpha value is -1.43. The number of methoxy groups -OCH3 is 1. The minimum Gasteiger partial charge on any atom is -0.383 e. The molecule has 0 bridgehead atoms. The number of piperidine rings is 1. The Labute approximate surface area is 145 Å². The highest BCUT2D eigenvalue weighted by atomic mass is 16.5. The van der Waals surface area contributed by atoms with Gasteiger partial charge in [0, 0.05) is 32.8 Å². The fourth-order valence-corrected chi connectivity index (χ4v) is 3.13. The first-order valence-corrected chi connectivity index (χ1v) is 8.98. The molecule has 1 unspecified atom stereocenters. The highest BCUT2D eigenvalue weighted by Gasteiger charge is 2.19. The summed E-state index contributed by atoms with van der Waals surface area (Å²) in [7, 11) is 1.65. The summed E-state index contributed by atoms with van der Waals surface area (Å²) < 4.78 is 4.95. The predicted octanol–water partition coefficient (Wildman–Crippen LogP) is 1.91. The van der Waals surface area contributed by atoms with Gasteiger partial charge in [-0.3, -0.25) is 9.69 Å². The number of nitrogens with one attached hydrogen (secondary N) is 2. The minimum atomic E-state index is 0.0206. The van der Waals surface area contributed by atoms with Crippen LogP contribution in [0.3, 0.4) is 0 Å². The lowest BCUT2D eigenvalue weighted by Crippen LogP contribution is -2.37. The largest absolute Gasteiger partial charge is 0.383 e. The molecule has 0 radical (unpaired) electrons. The summed E-state index contributed by atoms with van der Waals surface area (Å²) in [5, 5.41) is 6.07. The summed E-state index contributed by atoms with van der Waals surface area (Å²) in [6.07, 6.45) is 3.91. The summed E-state index contributed by atoms with van der Waals surface area (Å²) >= 11 is 0. The van der Waals surface area contributed by atoms with Crippen LogP contribution < -0.4 is 10.6 Å². The number of hydrogen-bond acceptors (Lipinski definition) is 4. The van der Waals surface area contributed by atoms with Crippen LogP contribution in [0.5, 0.6) is 0 Å². The lowest BCUT2D eigenvalue weighted by Gasteiger charge is -2.33. The van der Waals surface area contributed by atoms with Gasteiger partial charge < -0.3 is 15.4 Å². The molecule has 5 nitrogen and oxygen atoms in total. The summed E-state index contributed by atoms with van der Waals surface area (Å²) in [5.41, 5.74) is 2.53. The minimum absolute atomic E-state index is 0.0206. The molecule has 1 aliphatic heterocycles. The molecule has 1 atom stereocenters. The van der Waals surface area contributed by atoms with Crippen LogP contribution in [-0.4, -0.2) is 50.2 Å². The number of benzene rings is 1. The topological polar surface area (TPSA) is 53.6 Å². The molecule has 0 aromatic heterocycles. The van der Waals surface area contributed by atoms with Crippen molar-refractivity contribution in [1.82, 2.24) is 15.5 Å². The van der Waals surface area contributed by atoms with Crippen LogP contribution in [0.2, 0.25) is 0 Å². The van der Waals surface area contributed by atoms with Gasteiger partial charge in [0.25, 0.3) is 0 Å². The van der Waals surface area contributed by atoms with Crippen molar-refractivity contribution in [3.05, 3.63) is 35.4 Å². The van der Waals surface area contributed by atoms with E-state index in [1.54, 1.807) is 7.11 Å². The second-order valence-corrected chi connectivity index (χ2v) is 6.53. The first-order chi connectivity index (χ1) is 11.7.